The van der Waals surface area contributed by atoms with Crippen LogP contribution in [0, 0.1) is 0 Å². The molecule has 0 fully saturated rings. The van der Waals surface area contributed by atoms with Crippen LogP contribution in [-0.4, -0.2) is 36.8 Å². The molecule has 1 aromatic heterocycles. The molecule has 0 N–H and O–H groups in total. The monoisotopic (exact) mass is 438 g/mol. The Morgan fingerprint density at radius 2 is 1.77 bits per heavy atom. The largest absolute Gasteiger partial charge is 0.460 e. The summed E-state index contributed by atoms with van der Waals surface area (Å²) < 4.78 is 18.8. The fourth-order valence-corrected chi connectivity index (χ4v) is 3.73. The Morgan fingerprint density at radius 3 is 2.48 bits per heavy atom. The van der Waals surface area contributed by atoms with Gasteiger partial charge in [-0.05, 0) is 37.2 Å². The lowest BCUT2D eigenvalue weighted by atomic mass is 10.1. The third-order valence-electron chi connectivity index (χ3n) is 4.64. The van der Waals surface area contributed by atoms with Crippen molar-refractivity contribution in [1.82, 2.24) is 9.55 Å². The van der Waals surface area contributed by atoms with Crippen molar-refractivity contribution in [2.45, 2.75) is 39.3 Å². The highest BCUT2D eigenvalue weighted by molar-refractivity contribution is 6.76. The lowest BCUT2D eigenvalue weighted by Gasteiger charge is -2.17. The van der Waals surface area contributed by atoms with Gasteiger partial charge in [-0.15, -0.1) is 0 Å². The molecule has 2 aromatic carbocycles. The zero-order valence-electron chi connectivity index (χ0n) is 18.6. The molecule has 0 aliphatic heterocycles. The first-order valence-corrected chi connectivity index (χ1v) is 14.2. The minimum Gasteiger partial charge on any atom is -0.460 e. The van der Waals surface area contributed by atoms with Crippen molar-refractivity contribution >= 4 is 14.0 Å². The van der Waals surface area contributed by atoms with E-state index in [2.05, 4.69) is 24.6 Å². The number of imidazole rings is 1. The van der Waals surface area contributed by atoms with E-state index in [-0.39, 0.29) is 19.2 Å². The molecule has 0 amide bonds. The summed E-state index contributed by atoms with van der Waals surface area (Å²) in [5.41, 5.74) is 1.65. The SMILES string of the molecule is CCOC(=O)c1ncc(-c2cccc(Oc3ccccc3)c2)n1COCC[Si](C)(C)C. The first kappa shape index (κ1) is 22.8. The van der Waals surface area contributed by atoms with Crippen molar-refractivity contribution in [3.05, 3.63) is 66.6 Å². The molecular formula is C24H30N2O4Si. The maximum atomic E-state index is 12.4. The average molecular weight is 439 g/mol. The molecule has 0 unspecified atom stereocenters. The predicted molar refractivity (Wildman–Crippen MR) is 124 cm³/mol. The lowest BCUT2D eigenvalue weighted by Crippen LogP contribution is -2.22. The van der Waals surface area contributed by atoms with E-state index in [1.54, 1.807) is 17.7 Å². The highest BCUT2D eigenvalue weighted by atomic mass is 28.3. The summed E-state index contributed by atoms with van der Waals surface area (Å²) in [6.07, 6.45) is 1.68. The quantitative estimate of drug-likeness (QED) is 0.226. The number of carbonyl (C=O) groups excluding carboxylic acids is 1. The Morgan fingerprint density at radius 1 is 1.03 bits per heavy atom. The van der Waals surface area contributed by atoms with E-state index in [1.807, 2.05) is 54.6 Å². The number of benzene rings is 2. The standard InChI is InChI=1S/C24H30N2O4Si/c1-5-29-24(27)23-25-17-22(26(23)18-28-14-15-31(2,3)4)19-10-9-13-21(16-19)30-20-11-7-6-8-12-20/h6-13,16-17H,5,14-15,18H2,1-4H3. The average Bonchev–Trinajstić information content (AvgIpc) is 3.16. The highest BCUT2D eigenvalue weighted by Gasteiger charge is 2.20. The number of hydrogen-bond acceptors (Lipinski definition) is 5. The topological polar surface area (TPSA) is 62.6 Å². The Kier molecular flexibility index (Phi) is 7.65. The number of ether oxygens (including phenoxy) is 3. The molecule has 3 aromatic rings. The number of hydrogen-bond donors (Lipinski definition) is 0. The zero-order valence-corrected chi connectivity index (χ0v) is 19.6. The van der Waals surface area contributed by atoms with E-state index in [9.17, 15) is 4.79 Å². The molecule has 0 saturated heterocycles. The Hall–Kier alpha value is -2.90. The molecule has 7 heteroatoms. The van der Waals surface area contributed by atoms with E-state index in [4.69, 9.17) is 14.2 Å². The molecule has 0 spiro atoms. The van der Waals surface area contributed by atoms with Gasteiger partial charge in [0, 0.05) is 20.2 Å². The van der Waals surface area contributed by atoms with Crippen LogP contribution >= 0.6 is 0 Å². The van der Waals surface area contributed by atoms with Crippen LogP contribution in [0.15, 0.2) is 60.8 Å². The highest BCUT2D eigenvalue weighted by Crippen LogP contribution is 2.28. The second kappa shape index (κ2) is 10.4. The summed E-state index contributed by atoms with van der Waals surface area (Å²) in [5, 5.41) is 0. The fraction of sp³-hybridized carbons (Fsp3) is 0.333. The fourth-order valence-electron chi connectivity index (χ4n) is 2.97. The van der Waals surface area contributed by atoms with Crippen molar-refractivity contribution < 1.29 is 19.0 Å². The summed E-state index contributed by atoms with van der Waals surface area (Å²) >= 11 is 0. The number of carbonyl (C=O) groups is 1. The van der Waals surface area contributed by atoms with Crippen LogP contribution in [0.5, 0.6) is 11.5 Å². The molecule has 3 rings (SSSR count). The van der Waals surface area contributed by atoms with Gasteiger partial charge in [-0.25, -0.2) is 9.78 Å². The van der Waals surface area contributed by atoms with Crippen LogP contribution in [0.25, 0.3) is 11.3 Å². The molecule has 0 radical (unpaired) electrons. The normalized spacial score (nSPS) is 11.4. The predicted octanol–water partition coefficient (Wildman–Crippen LogP) is 5.83. The van der Waals surface area contributed by atoms with Gasteiger partial charge in [0.15, 0.2) is 0 Å². The summed E-state index contributed by atoms with van der Waals surface area (Å²) in [6, 6.07) is 18.4. The van der Waals surface area contributed by atoms with E-state index in [1.165, 1.54) is 0 Å². The van der Waals surface area contributed by atoms with Crippen molar-refractivity contribution in [3.8, 4) is 22.8 Å². The summed E-state index contributed by atoms with van der Waals surface area (Å²) in [7, 11) is -1.21. The second-order valence-corrected chi connectivity index (χ2v) is 14.0. The van der Waals surface area contributed by atoms with E-state index >= 15 is 0 Å². The van der Waals surface area contributed by atoms with Crippen LogP contribution < -0.4 is 4.74 Å². The molecule has 0 bridgehead atoms. The Balaban J connectivity index is 1.85. The van der Waals surface area contributed by atoms with Gasteiger partial charge in [0.1, 0.15) is 18.2 Å². The van der Waals surface area contributed by atoms with Crippen LogP contribution in [0.3, 0.4) is 0 Å². The smallest absolute Gasteiger partial charge is 0.374 e. The van der Waals surface area contributed by atoms with E-state index < -0.39 is 14.0 Å². The lowest BCUT2D eigenvalue weighted by molar-refractivity contribution is 0.0465. The number of para-hydroxylation sites is 1. The second-order valence-electron chi connectivity index (χ2n) is 8.41. The minimum atomic E-state index is -1.21. The Labute approximate surface area is 184 Å². The van der Waals surface area contributed by atoms with E-state index in [0.29, 0.717) is 12.4 Å². The molecule has 0 saturated carbocycles. The Bertz CT molecular complexity index is 996. The van der Waals surface area contributed by atoms with Gasteiger partial charge in [0.25, 0.3) is 0 Å². The summed E-state index contributed by atoms with van der Waals surface area (Å²) in [6.45, 7) is 9.87. The molecule has 1 heterocycles. The van der Waals surface area contributed by atoms with Gasteiger partial charge in [-0.1, -0.05) is 50.0 Å². The molecule has 0 aliphatic carbocycles. The number of nitrogens with zero attached hydrogens (tertiary/aromatic N) is 2. The van der Waals surface area contributed by atoms with Crippen LogP contribution in [0.1, 0.15) is 17.5 Å². The maximum Gasteiger partial charge on any atom is 0.374 e. The molecule has 6 nitrogen and oxygen atoms in total. The summed E-state index contributed by atoms with van der Waals surface area (Å²) in [5.74, 6) is 1.24. The van der Waals surface area contributed by atoms with Crippen molar-refractivity contribution in [2.75, 3.05) is 13.2 Å². The van der Waals surface area contributed by atoms with Crippen LogP contribution in [0.2, 0.25) is 25.7 Å². The number of esters is 1. The zero-order chi connectivity index (χ0) is 22.3. The molecule has 164 valence electrons. The number of rotatable bonds is 10. The third-order valence-corrected chi connectivity index (χ3v) is 6.34. The van der Waals surface area contributed by atoms with Gasteiger partial charge in [0.2, 0.25) is 5.82 Å². The van der Waals surface area contributed by atoms with Gasteiger partial charge >= 0.3 is 5.97 Å². The molecule has 0 aliphatic rings. The molecule has 0 atom stereocenters. The van der Waals surface area contributed by atoms with E-state index in [0.717, 1.165) is 23.1 Å². The van der Waals surface area contributed by atoms with Crippen LogP contribution in [-0.2, 0) is 16.2 Å². The first-order valence-electron chi connectivity index (χ1n) is 10.5. The van der Waals surface area contributed by atoms with Crippen LogP contribution in [0.4, 0.5) is 0 Å². The molecule has 31 heavy (non-hydrogen) atoms. The van der Waals surface area contributed by atoms with Gasteiger partial charge in [-0.2, -0.15) is 0 Å². The van der Waals surface area contributed by atoms with Gasteiger partial charge < -0.3 is 14.2 Å². The molecular weight excluding hydrogens is 408 g/mol. The third kappa shape index (κ3) is 6.54. The minimum absolute atomic E-state index is 0.234. The van der Waals surface area contributed by atoms with Crippen molar-refractivity contribution in [2.24, 2.45) is 0 Å². The number of aromatic nitrogens is 2. The maximum absolute atomic E-state index is 12.4. The first-order chi connectivity index (χ1) is 14.9. The summed E-state index contributed by atoms with van der Waals surface area (Å²) in [4.78, 5) is 16.8. The van der Waals surface area contributed by atoms with Gasteiger partial charge in [0.05, 0.1) is 18.5 Å². The van der Waals surface area contributed by atoms with Crippen molar-refractivity contribution in [1.29, 1.82) is 0 Å². The van der Waals surface area contributed by atoms with Gasteiger partial charge in [-0.3, -0.25) is 4.57 Å². The van der Waals surface area contributed by atoms with Crippen molar-refractivity contribution in [3.63, 3.8) is 0 Å².